The van der Waals surface area contributed by atoms with E-state index in [0.717, 1.165) is 6.54 Å². The van der Waals surface area contributed by atoms with Gasteiger partial charge >= 0.3 is 5.69 Å². The molecule has 6 nitrogen and oxygen atoms in total. The maximum atomic E-state index is 11.2. The molecule has 0 saturated carbocycles. The summed E-state index contributed by atoms with van der Waals surface area (Å²) in [6.45, 7) is 5.52. The predicted octanol–water partition coefficient (Wildman–Crippen LogP) is 1.65. The Balaban J connectivity index is 2.49. The lowest BCUT2D eigenvalue weighted by molar-refractivity contribution is -0.384. The van der Waals surface area contributed by atoms with Gasteiger partial charge in [0.15, 0.2) is 0 Å². The van der Waals surface area contributed by atoms with E-state index in [1.165, 1.54) is 6.07 Å². The summed E-state index contributed by atoms with van der Waals surface area (Å²) in [6.07, 6.45) is 0. The fourth-order valence-corrected chi connectivity index (χ4v) is 2.40. The standard InChI is InChI=1S/C13H16N4O2/c1-9-8-16(10(2)7-15-9)12-5-3-4-11(6-14)13(12)17(18)19/h3-5,9-10,15H,7-8H2,1-2H3. The molecule has 0 aliphatic carbocycles. The summed E-state index contributed by atoms with van der Waals surface area (Å²) in [5.41, 5.74) is 0.553. The summed E-state index contributed by atoms with van der Waals surface area (Å²) in [6, 6.07) is 7.21. The van der Waals surface area contributed by atoms with Crippen LogP contribution in [0, 0.1) is 21.4 Å². The van der Waals surface area contributed by atoms with Crippen LogP contribution in [-0.4, -0.2) is 30.1 Å². The second kappa shape index (κ2) is 5.24. The average molecular weight is 260 g/mol. The minimum absolute atomic E-state index is 0.0917. The van der Waals surface area contributed by atoms with Crippen LogP contribution in [0.2, 0.25) is 0 Å². The van der Waals surface area contributed by atoms with E-state index in [0.29, 0.717) is 12.2 Å². The fourth-order valence-electron chi connectivity index (χ4n) is 2.40. The Morgan fingerprint density at radius 1 is 1.53 bits per heavy atom. The molecule has 0 bridgehead atoms. The SMILES string of the molecule is CC1CN(c2cccc(C#N)c2[N+](=O)[O-])C(C)CN1. The first-order valence-corrected chi connectivity index (χ1v) is 6.22. The van der Waals surface area contributed by atoms with Gasteiger partial charge in [-0.15, -0.1) is 0 Å². The molecule has 2 unspecified atom stereocenters. The first kappa shape index (κ1) is 13.3. The summed E-state index contributed by atoms with van der Waals surface area (Å²) in [4.78, 5) is 12.8. The molecule has 19 heavy (non-hydrogen) atoms. The van der Waals surface area contributed by atoms with Gasteiger partial charge in [-0.2, -0.15) is 5.26 Å². The molecule has 1 saturated heterocycles. The molecular formula is C13H16N4O2. The molecule has 0 radical (unpaired) electrons. The first-order valence-electron chi connectivity index (χ1n) is 6.22. The van der Waals surface area contributed by atoms with Crippen LogP contribution in [0.3, 0.4) is 0 Å². The lowest BCUT2D eigenvalue weighted by Gasteiger charge is -2.38. The second-order valence-corrected chi connectivity index (χ2v) is 4.85. The molecule has 2 rings (SSSR count). The Morgan fingerprint density at radius 2 is 2.26 bits per heavy atom. The maximum Gasteiger partial charge on any atom is 0.310 e. The van der Waals surface area contributed by atoms with E-state index in [1.54, 1.807) is 12.1 Å². The fraction of sp³-hybridized carbons (Fsp3) is 0.462. The van der Waals surface area contributed by atoms with Gasteiger partial charge in [0.05, 0.1) is 4.92 Å². The van der Waals surface area contributed by atoms with Crippen LogP contribution in [0.15, 0.2) is 18.2 Å². The molecule has 0 aromatic heterocycles. The first-order chi connectivity index (χ1) is 9.04. The number of nitrogens with zero attached hydrogens (tertiary/aromatic N) is 3. The Kier molecular flexibility index (Phi) is 3.67. The summed E-state index contributed by atoms with van der Waals surface area (Å²) >= 11 is 0. The van der Waals surface area contributed by atoms with Crippen LogP contribution >= 0.6 is 0 Å². The monoisotopic (exact) mass is 260 g/mol. The molecule has 1 aliphatic heterocycles. The van der Waals surface area contributed by atoms with Crippen LogP contribution in [0.4, 0.5) is 11.4 Å². The number of nitriles is 1. The zero-order valence-electron chi connectivity index (χ0n) is 11.0. The summed E-state index contributed by atoms with van der Waals surface area (Å²) in [7, 11) is 0. The topological polar surface area (TPSA) is 82.2 Å². The van der Waals surface area contributed by atoms with Crippen molar-refractivity contribution in [2.45, 2.75) is 25.9 Å². The highest BCUT2D eigenvalue weighted by molar-refractivity contribution is 5.70. The van der Waals surface area contributed by atoms with Gasteiger partial charge in [-0.25, -0.2) is 0 Å². The minimum Gasteiger partial charge on any atom is -0.360 e. The smallest absolute Gasteiger partial charge is 0.310 e. The van der Waals surface area contributed by atoms with E-state index < -0.39 is 4.92 Å². The molecule has 100 valence electrons. The van der Waals surface area contributed by atoms with Crippen molar-refractivity contribution in [3.05, 3.63) is 33.9 Å². The van der Waals surface area contributed by atoms with E-state index in [4.69, 9.17) is 5.26 Å². The summed E-state index contributed by atoms with van der Waals surface area (Å²) < 4.78 is 0. The number of hydrogen-bond donors (Lipinski definition) is 1. The van der Waals surface area contributed by atoms with Gasteiger partial charge in [0.2, 0.25) is 0 Å². The Labute approximate surface area is 111 Å². The maximum absolute atomic E-state index is 11.2. The van der Waals surface area contributed by atoms with Gasteiger partial charge in [-0.05, 0) is 26.0 Å². The number of rotatable bonds is 2. The third kappa shape index (κ3) is 2.51. The lowest BCUT2D eigenvalue weighted by atomic mass is 10.1. The van der Waals surface area contributed by atoms with Gasteiger partial charge in [0.25, 0.3) is 0 Å². The average Bonchev–Trinajstić information content (AvgIpc) is 2.40. The Hall–Kier alpha value is -2.13. The van der Waals surface area contributed by atoms with Gasteiger partial charge < -0.3 is 10.2 Å². The lowest BCUT2D eigenvalue weighted by Crippen LogP contribution is -2.54. The minimum atomic E-state index is -0.465. The molecule has 1 N–H and O–H groups in total. The highest BCUT2D eigenvalue weighted by Gasteiger charge is 2.29. The molecule has 1 heterocycles. The number of hydrogen-bond acceptors (Lipinski definition) is 5. The number of nitro groups is 1. The molecule has 1 fully saturated rings. The quantitative estimate of drug-likeness (QED) is 0.646. The van der Waals surface area contributed by atoms with E-state index in [-0.39, 0.29) is 23.3 Å². The van der Waals surface area contributed by atoms with Gasteiger partial charge in [0, 0.05) is 25.2 Å². The molecule has 0 spiro atoms. The highest BCUT2D eigenvalue weighted by atomic mass is 16.6. The number of anilines is 1. The van der Waals surface area contributed by atoms with Crippen LogP contribution in [0.5, 0.6) is 0 Å². The highest BCUT2D eigenvalue weighted by Crippen LogP contribution is 2.33. The summed E-state index contributed by atoms with van der Waals surface area (Å²) in [5.74, 6) is 0. The van der Waals surface area contributed by atoms with Crippen molar-refractivity contribution < 1.29 is 4.92 Å². The number of piperazine rings is 1. The number of para-hydroxylation sites is 1. The van der Waals surface area contributed by atoms with Crippen molar-refractivity contribution in [1.29, 1.82) is 5.26 Å². The van der Waals surface area contributed by atoms with Gasteiger partial charge in [-0.1, -0.05) is 6.07 Å². The molecule has 2 atom stereocenters. The molecular weight excluding hydrogens is 244 g/mol. The summed E-state index contributed by atoms with van der Waals surface area (Å²) in [5, 5.41) is 23.6. The molecule has 0 amide bonds. The molecule has 1 aromatic rings. The second-order valence-electron chi connectivity index (χ2n) is 4.85. The zero-order valence-corrected chi connectivity index (χ0v) is 11.0. The van der Waals surface area contributed by atoms with Crippen molar-refractivity contribution in [3.8, 4) is 6.07 Å². The zero-order chi connectivity index (χ0) is 14.0. The number of benzene rings is 1. The molecule has 1 aliphatic rings. The van der Waals surface area contributed by atoms with Crippen LogP contribution in [0.1, 0.15) is 19.4 Å². The Morgan fingerprint density at radius 3 is 2.89 bits per heavy atom. The normalized spacial score (nSPS) is 22.9. The van der Waals surface area contributed by atoms with E-state index in [9.17, 15) is 10.1 Å². The Bertz CT molecular complexity index is 538. The van der Waals surface area contributed by atoms with Crippen molar-refractivity contribution in [1.82, 2.24) is 5.32 Å². The van der Waals surface area contributed by atoms with Crippen LogP contribution in [0.25, 0.3) is 0 Å². The van der Waals surface area contributed by atoms with Crippen LogP contribution in [-0.2, 0) is 0 Å². The van der Waals surface area contributed by atoms with E-state index >= 15 is 0 Å². The van der Waals surface area contributed by atoms with E-state index in [1.807, 2.05) is 24.8 Å². The largest absolute Gasteiger partial charge is 0.360 e. The third-order valence-corrected chi connectivity index (χ3v) is 3.39. The van der Waals surface area contributed by atoms with Gasteiger partial charge in [0.1, 0.15) is 17.3 Å². The van der Waals surface area contributed by atoms with Crippen LogP contribution < -0.4 is 10.2 Å². The van der Waals surface area contributed by atoms with Crippen molar-refractivity contribution >= 4 is 11.4 Å². The van der Waals surface area contributed by atoms with Gasteiger partial charge in [-0.3, -0.25) is 10.1 Å². The van der Waals surface area contributed by atoms with Crippen molar-refractivity contribution in [2.24, 2.45) is 0 Å². The molecule has 1 aromatic carbocycles. The predicted molar refractivity (Wildman–Crippen MR) is 72.1 cm³/mol. The van der Waals surface area contributed by atoms with Crippen molar-refractivity contribution in [3.63, 3.8) is 0 Å². The number of nitro benzene ring substituents is 1. The van der Waals surface area contributed by atoms with Crippen molar-refractivity contribution in [2.75, 3.05) is 18.0 Å². The van der Waals surface area contributed by atoms with E-state index in [2.05, 4.69) is 5.32 Å². The number of nitrogens with one attached hydrogen (secondary N) is 1. The third-order valence-electron chi connectivity index (χ3n) is 3.39. The molecule has 6 heteroatoms.